The minimum Gasteiger partial charge on any atom is -0.469 e. The maximum Gasteiger partial charge on any atom is 0.240 e. The fourth-order valence-electron chi connectivity index (χ4n) is 2.45. The summed E-state index contributed by atoms with van der Waals surface area (Å²) in [6, 6.07) is 8.51. The third kappa shape index (κ3) is 4.45. The highest BCUT2D eigenvalue weighted by Gasteiger charge is 2.22. The van der Waals surface area contributed by atoms with Crippen molar-refractivity contribution in [3.63, 3.8) is 0 Å². The van der Waals surface area contributed by atoms with E-state index in [4.69, 9.17) is 4.42 Å². The molecule has 1 aromatic heterocycles. The third-order valence-corrected chi connectivity index (χ3v) is 6.72. The zero-order chi connectivity index (χ0) is 17.9. The Kier molecular flexibility index (Phi) is 5.51. The predicted molar refractivity (Wildman–Crippen MR) is 97.2 cm³/mol. The summed E-state index contributed by atoms with van der Waals surface area (Å²) in [6.45, 7) is 2.17. The number of fused-ring (bicyclic) bond motifs is 1. The second-order valence-electron chi connectivity index (χ2n) is 5.94. The molecule has 0 unspecified atom stereocenters. The second-order valence-corrected chi connectivity index (χ2v) is 8.77. The van der Waals surface area contributed by atoms with Gasteiger partial charge in [-0.1, -0.05) is 6.92 Å². The van der Waals surface area contributed by atoms with Crippen LogP contribution in [-0.4, -0.2) is 26.6 Å². The Hall–Kier alpha value is -1.77. The fraction of sp³-hybridized carbons (Fsp3) is 0.353. The first-order chi connectivity index (χ1) is 12.0. The van der Waals surface area contributed by atoms with Crippen LogP contribution in [0.1, 0.15) is 19.1 Å². The molecule has 0 aliphatic carbocycles. The molecule has 2 N–H and O–H groups in total. The van der Waals surface area contributed by atoms with E-state index < -0.39 is 10.0 Å². The molecule has 134 valence electrons. The van der Waals surface area contributed by atoms with Gasteiger partial charge in [-0.3, -0.25) is 4.79 Å². The number of benzene rings is 1. The van der Waals surface area contributed by atoms with E-state index in [0.717, 1.165) is 10.7 Å². The Morgan fingerprint density at radius 2 is 2.20 bits per heavy atom. The van der Waals surface area contributed by atoms with Crippen LogP contribution in [0.4, 0.5) is 5.69 Å². The van der Waals surface area contributed by atoms with Crippen molar-refractivity contribution in [3.8, 4) is 0 Å². The van der Waals surface area contributed by atoms with Crippen LogP contribution in [0.2, 0.25) is 0 Å². The summed E-state index contributed by atoms with van der Waals surface area (Å²) in [4.78, 5) is 13.0. The van der Waals surface area contributed by atoms with Crippen molar-refractivity contribution in [2.75, 3.05) is 17.6 Å². The SMILES string of the molecule is C[C@H]1CSc2ccc(S(=O)(=O)NCCCc3ccco3)cc2NC1=O. The number of rotatable bonds is 6. The quantitative estimate of drug-likeness (QED) is 0.753. The molecule has 0 saturated carbocycles. The van der Waals surface area contributed by atoms with Crippen molar-refractivity contribution in [1.29, 1.82) is 0 Å². The van der Waals surface area contributed by atoms with Crippen molar-refractivity contribution in [1.82, 2.24) is 4.72 Å². The molecule has 1 aromatic carbocycles. The normalized spacial score (nSPS) is 17.6. The van der Waals surface area contributed by atoms with Gasteiger partial charge in [0.1, 0.15) is 5.76 Å². The van der Waals surface area contributed by atoms with Gasteiger partial charge in [0.05, 0.1) is 16.8 Å². The van der Waals surface area contributed by atoms with Gasteiger partial charge < -0.3 is 9.73 Å². The number of furan rings is 1. The van der Waals surface area contributed by atoms with E-state index in [1.54, 1.807) is 30.2 Å². The smallest absolute Gasteiger partial charge is 0.240 e. The van der Waals surface area contributed by atoms with E-state index in [-0.39, 0.29) is 16.7 Å². The molecule has 2 heterocycles. The lowest BCUT2D eigenvalue weighted by Crippen LogP contribution is -2.25. The molecule has 8 heteroatoms. The van der Waals surface area contributed by atoms with Gasteiger partial charge in [-0.25, -0.2) is 13.1 Å². The first-order valence-corrected chi connectivity index (χ1v) is 10.5. The molecule has 6 nitrogen and oxygen atoms in total. The molecule has 0 radical (unpaired) electrons. The molecule has 0 fully saturated rings. The van der Waals surface area contributed by atoms with E-state index in [1.165, 1.54) is 6.07 Å². The van der Waals surface area contributed by atoms with E-state index in [2.05, 4.69) is 10.0 Å². The Bertz CT molecular complexity index is 848. The van der Waals surface area contributed by atoms with E-state index >= 15 is 0 Å². The molecular weight excluding hydrogens is 360 g/mol. The number of sulfonamides is 1. The molecular formula is C17H20N2O4S2. The minimum atomic E-state index is -3.62. The van der Waals surface area contributed by atoms with Crippen molar-refractivity contribution < 1.29 is 17.6 Å². The number of hydrogen-bond acceptors (Lipinski definition) is 5. The van der Waals surface area contributed by atoms with Crippen molar-refractivity contribution in [2.45, 2.75) is 29.6 Å². The zero-order valence-electron chi connectivity index (χ0n) is 13.8. The average Bonchev–Trinajstić information content (AvgIpc) is 3.05. The first-order valence-electron chi connectivity index (χ1n) is 8.05. The highest BCUT2D eigenvalue weighted by Crippen LogP contribution is 2.34. The van der Waals surface area contributed by atoms with Crippen LogP contribution in [0, 0.1) is 5.92 Å². The van der Waals surface area contributed by atoms with Crippen LogP contribution in [0.3, 0.4) is 0 Å². The number of amides is 1. The lowest BCUT2D eigenvalue weighted by atomic mass is 10.2. The number of aryl methyl sites for hydroxylation is 1. The van der Waals surface area contributed by atoms with Crippen molar-refractivity contribution in [3.05, 3.63) is 42.4 Å². The van der Waals surface area contributed by atoms with Gasteiger partial charge in [-0.2, -0.15) is 0 Å². The largest absolute Gasteiger partial charge is 0.469 e. The highest BCUT2D eigenvalue weighted by atomic mass is 32.2. The van der Waals surface area contributed by atoms with Gasteiger partial charge >= 0.3 is 0 Å². The third-order valence-electron chi connectivity index (χ3n) is 3.93. The molecule has 2 aromatic rings. The topological polar surface area (TPSA) is 88.4 Å². The highest BCUT2D eigenvalue weighted by molar-refractivity contribution is 7.99. The molecule has 25 heavy (non-hydrogen) atoms. The molecule has 1 atom stereocenters. The fourth-order valence-corrected chi connectivity index (χ4v) is 4.56. The molecule has 1 amide bonds. The number of anilines is 1. The van der Waals surface area contributed by atoms with Crippen molar-refractivity contribution >= 4 is 33.4 Å². The summed E-state index contributed by atoms with van der Waals surface area (Å²) in [5, 5.41) is 2.81. The summed E-state index contributed by atoms with van der Waals surface area (Å²) < 4.78 is 32.7. The Morgan fingerprint density at radius 1 is 1.36 bits per heavy atom. The average molecular weight is 380 g/mol. The van der Waals surface area contributed by atoms with Crippen LogP contribution < -0.4 is 10.0 Å². The number of thioether (sulfide) groups is 1. The van der Waals surface area contributed by atoms with E-state index in [1.807, 2.05) is 19.1 Å². The number of nitrogens with one attached hydrogen (secondary N) is 2. The van der Waals surface area contributed by atoms with E-state index in [9.17, 15) is 13.2 Å². The molecule has 3 rings (SSSR count). The second kappa shape index (κ2) is 7.63. The Morgan fingerprint density at radius 3 is 2.96 bits per heavy atom. The molecule has 1 aliphatic heterocycles. The standard InChI is InChI=1S/C17H20N2O4S2/c1-12-11-24-16-7-6-14(10-15(16)19-17(12)20)25(21,22)18-8-2-4-13-5-3-9-23-13/h3,5-7,9-10,12,18H,2,4,8,11H2,1H3,(H,19,20)/t12-/m0/s1. The summed E-state index contributed by atoms with van der Waals surface area (Å²) in [5.74, 6) is 1.30. The summed E-state index contributed by atoms with van der Waals surface area (Å²) in [6.07, 6.45) is 2.91. The maximum absolute atomic E-state index is 12.5. The van der Waals surface area contributed by atoms with Crippen LogP contribution in [0.15, 0.2) is 50.8 Å². The van der Waals surface area contributed by atoms with Crippen LogP contribution in [-0.2, 0) is 21.2 Å². The van der Waals surface area contributed by atoms with E-state index in [0.29, 0.717) is 30.8 Å². The number of hydrogen-bond donors (Lipinski definition) is 2. The maximum atomic E-state index is 12.5. The summed E-state index contributed by atoms with van der Waals surface area (Å²) >= 11 is 1.55. The minimum absolute atomic E-state index is 0.0906. The van der Waals surface area contributed by atoms with Crippen molar-refractivity contribution in [2.24, 2.45) is 5.92 Å². The summed E-state index contributed by atoms with van der Waals surface area (Å²) in [5.41, 5.74) is 0.554. The van der Waals surface area contributed by atoms with Gasteiger partial charge in [0.2, 0.25) is 15.9 Å². The lowest BCUT2D eigenvalue weighted by molar-refractivity contribution is -0.118. The molecule has 0 saturated heterocycles. The number of carbonyl (C=O) groups is 1. The molecule has 0 spiro atoms. The van der Waals surface area contributed by atoms with Gasteiger partial charge in [-0.05, 0) is 36.8 Å². The number of carbonyl (C=O) groups excluding carboxylic acids is 1. The van der Waals surface area contributed by atoms with Crippen LogP contribution in [0.25, 0.3) is 0 Å². The molecule has 0 bridgehead atoms. The van der Waals surface area contributed by atoms with Gasteiger partial charge in [0.25, 0.3) is 0 Å². The van der Waals surface area contributed by atoms with Gasteiger partial charge in [0.15, 0.2) is 0 Å². The van der Waals surface area contributed by atoms with Crippen LogP contribution >= 0.6 is 11.8 Å². The Labute approximate surface area is 151 Å². The lowest BCUT2D eigenvalue weighted by Gasteiger charge is -2.11. The van der Waals surface area contributed by atoms with Crippen LogP contribution in [0.5, 0.6) is 0 Å². The predicted octanol–water partition coefficient (Wildman–Crippen LogP) is 2.87. The first kappa shape index (κ1) is 18.0. The van der Waals surface area contributed by atoms with Gasteiger partial charge in [-0.15, -0.1) is 11.8 Å². The summed E-state index contributed by atoms with van der Waals surface area (Å²) in [7, 11) is -3.62. The monoisotopic (exact) mass is 380 g/mol. The van der Waals surface area contributed by atoms with Gasteiger partial charge in [0, 0.05) is 29.5 Å². The zero-order valence-corrected chi connectivity index (χ0v) is 15.5. The Balaban J connectivity index is 1.66. The molecule has 1 aliphatic rings.